The fourth-order valence-electron chi connectivity index (χ4n) is 2.79. The van der Waals surface area contributed by atoms with Crippen molar-refractivity contribution in [3.63, 3.8) is 0 Å². The molecule has 7 heteroatoms. The number of amides is 2. The van der Waals surface area contributed by atoms with Crippen molar-refractivity contribution in [3.8, 4) is 0 Å². The molecule has 1 N–H and O–H groups in total. The first-order chi connectivity index (χ1) is 10.8. The molecule has 3 heterocycles. The highest BCUT2D eigenvalue weighted by Crippen LogP contribution is 2.14. The molecule has 1 atom stereocenters. The molecule has 2 aliphatic heterocycles. The molecule has 3 rings (SSSR count). The number of carbonyl (C=O) groups excluding carboxylic acids is 2. The third-order valence-electron chi connectivity index (χ3n) is 4.02. The van der Waals surface area contributed by atoms with Gasteiger partial charge in [-0.05, 0) is 18.6 Å². The lowest BCUT2D eigenvalue weighted by molar-refractivity contribution is -0.132. The van der Waals surface area contributed by atoms with Crippen LogP contribution in [0.4, 0.5) is 0 Å². The second kappa shape index (κ2) is 7.11. The SMILES string of the molecule is O=C(c1cccnc1)N1CCCN(C(=O)C2CSCN2)CC1. The van der Waals surface area contributed by atoms with Crippen molar-refractivity contribution < 1.29 is 9.59 Å². The van der Waals surface area contributed by atoms with E-state index in [-0.39, 0.29) is 17.9 Å². The Morgan fingerprint density at radius 2 is 2.05 bits per heavy atom. The number of nitrogens with zero attached hydrogens (tertiary/aromatic N) is 3. The second-order valence-electron chi connectivity index (χ2n) is 5.48. The monoisotopic (exact) mass is 320 g/mol. The molecule has 6 nitrogen and oxygen atoms in total. The van der Waals surface area contributed by atoms with Gasteiger partial charge in [-0.15, -0.1) is 11.8 Å². The average molecular weight is 320 g/mol. The Bertz CT molecular complexity index is 534. The molecule has 0 saturated carbocycles. The van der Waals surface area contributed by atoms with Crippen molar-refractivity contribution in [1.82, 2.24) is 20.1 Å². The van der Waals surface area contributed by atoms with E-state index >= 15 is 0 Å². The minimum Gasteiger partial charge on any atom is -0.339 e. The number of nitrogens with one attached hydrogen (secondary N) is 1. The molecule has 1 unspecified atom stereocenters. The molecule has 2 aliphatic rings. The van der Waals surface area contributed by atoms with Gasteiger partial charge >= 0.3 is 0 Å². The zero-order valence-electron chi connectivity index (χ0n) is 12.4. The Balaban J connectivity index is 1.60. The summed E-state index contributed by atoms with van der Waals surface area (Å²) in [4.78, 5) is 32.6. The molecule has 2 fully saturated rings. The lowest BCUT2D eigenvalue weighted by Gasteiger charge is -2.24. The Kier molecular flexibility index (Phi) is 4.94. The van der Waals surface area contributed by atoms with Gasteiger partial charge in [0.2, 0.25) is 5.91 Å². The second-order valence-corrected chi connectivity index (χ2v) is 6.51. The van der Waals surface area contributed by atoms with E-state index in [1.807, 2.05) is 9.80 Å². The molecule has 0 radical (unpaired) electrons. The van der Waals surface area contributed by atoms with Crippen LogP contribution in [-0.4, -0.2) is 70.4 Å². The predicted molar refractivity (Wildman–Crippen MR) is 85.6 cm³/mol. The smallest absolute Gasteiger partial charge is 0.255 e. The van der Waals surface area contributed by atoms with Crippen LogP contribution in [0.1, 0.15) is 16.8 Å². The first-order valence-electron chi connectivity index (χ1n) is 7.55. The van der Waals surface area contributed by atoms with E-state index in [2.05, 4.69) is 10.3 Å². The summed E-state index contributed by atoms with van der Waals surface area (Å²) in [6.07, 6.45) is 4.07. The first-order valence-corrected chi connectivity index (χ1v) is 8.70. The van der Waals surface area contributed by atoms with Crippen molar-refractivity contribution in [3.05, 3.63) is 30.1 Å². The van der Waals surface area contributed by atoms with Crippen LogP contribution in [0.5, 0.6) is 0 Å². The van der Waals surface area contributed by atoms with Crippen LogP contribution in [0.15, 0.2) is 24.5 Å². The lowest BCUT2D eigenvalue weighted by Crippen LogP contribution is -2.46. The molecule has 0 aliphatic carbocycles. The van der Waals surface area contributed by atoms with Crippen LogP contribution in [0.3, 0.4) is 0 Å². The van der Waals surface area contributed by atoms with Gasteiger partial charge in [-0.3, -0.25) is 19.9 Å². The van der Waals surface area contributed by atoms with Crippen LogP contribution in [-0.2, 0) is 4.79 Å². The van der Waals surface area contributed by atoms with Crippen LogP contribution < -0.4 is 5.32 Å². The highest BCUT2D eigenvalue weighted by molar-refractivity contribution is 7.99. The Labute approximate surface area is 134 Å². The van der Waals surface area contributed by atoms with Gasteiger partial charge in [0.25, 0.3) is 5.91 Å². The zero-order valence-corrected chi connectivity index (χ0v) is 13.2. The number of hydrogen-bond acceptors (Lipinski definition) is 5. The van der Waals surface area contributed by atoms with Gasteiger partial charge < -0.3 is 9.80 Å². The Hall–Kier alpha value is -1.60. The molecule has 1 aromatic rings. The molecule has 0 bridgehead atoms. The largest absolute Gasteiger partial charge is 0.339 e. The van der Waals surface area contributed by atoms with Crippen molar-refractivity contribution in [1.29, 1.82) is 0 Å². The quantitative estimate of drug-likeness (QED) is 0.855. The normalized spacial score (nSPS) is 22.5. The van der Waals surface area contributed by atoms with Crippen molar-refractivity contribution >= 4 is 23.6 Å². The summed E-state index contributed by atoms with van der Waals surface area (Å²) in [6.45, 7) is 2.59. The minimum absolute atomic E-state index is 0.00283. The summed E-state index contributed by atoms with van der Waals surface area (Å²) in [5.41, 5.74) is 0.608. The number of aromatic nitrogens is 1. The van der Waals surface area contributed by atoms with E-state index < -0.39 is 0 Å². The minimum atomic E-state index is -0.0643. The van der Waals surface area contributed by atoms with E-state index in [0.29, 0.717) is 25.2 Å². The highest BCUT2D eigenvalue weighted by Gasteiger charge is 2.29. The van der Waals surface area contributed by atoms with Gasteiger partial charge in [0, 0.05) is 50.2 Å². The number of carbonyl (C=O) groups is 2. The molecular formula is C15H20N4O2S. The molecule has 118 valence electrons. The van der Waals surface area contributed by atoms with Crippen molar-refractivity contribution in [2.75, 3.05) is 37.8 Å². The maximum Gasteiger partial charge on any atom is 0.255 e. The molecule has 22 heavy (non-hydrogen) atoms. The molecular weight excluding hydrogens is 300 g/mol. The lowest BCUT2D eigenvalue weighted by atomic mass is 10.2. The molecule has 2 saturated heterocycles. The number of rotatable bonds is 2. The van der Waals surface area contributed by atoms with Crippen LogP contribution in [0, 0.1) is 0 Å². The molecule has 2 amide bonds. The third-order valence-corrected chi connectivity index (χ3v) is 4.96. The highest BCUT2D eigenvalue weighted by atomic mass is 32.2. The van der Waals surface area contributed by atoms with E-state index in [0.717, 1.165) is 24.6 Å². The maximum atomic E-state index is 12.5. The van der Waals surface area contributed by atoms with E-state index in [1.165, 1.54) is 0 Å². The Morgan fingerprint density at radius 3 is 2.77 bits per heavy atom. The van der Waals surface area contributed by atoms with Crippen molar-refractivity contribution in [2.24, 2.45) is 0 Å². The number of pyridine rings is 1. The summed E-state index contributed by atoms with van der Waals surface area (Å²) in [6, 6.07) is 3.48. The summed E-state index contributed by atoms with van der Waals surface area (Å²) < 4.78 is 0. The van der Waals surface area contributed by atoms with E-state index in [1.54, 1.807) is 36.3 Å². The van der Waals surface area contributed by atoms with Gasteiger partial charge in [-0.1, -0.05) is 0 Å². The van der Waals surface area contributed by atoms with Gasteiger partial charge in [-0.2, -0.15) is 0 Å². The average Bonchev–Trinajstić information content (AvgIpc) is 2.99. The summed E-state index contributed by atoms with van der Waals surface area (Å²) in [5.74, 6) is 1.85. The van der Waals surface area contributed by atoms with Gasteiger partial charge in [0.05, 0.1) is 11.6 Å². The topological polar surface area (TPSA) is 65.5 Å². The fraction of sp³-hybridized carbons (Fsp3) is 0.533. The third kappa shape index (κ3) is 3.41. The predicted octanol–water partition coefficient (Wildman–Crippen LogP) is 0.419. The van der Waals surface area contributed by atoms with Crippen LogP contribution >= 0.6 is 11.8 Å². The first kappa shape index (κ1) is 15.3. The van der Waals surface area contributed by atoms with E-state index in [9.17, 15) is 9.59 Å². The summed E-state index contributed by atoms with van der Waals surface area (Å²) >= 11 is 1.75. The maximum absolute atomic E-state index is 12.5. The zero-order chi connectivity index (χ0) is 15.4. The number of hydrogen-bond donors (Lipinski definition) is 1. The summed E-state index contributed by atoms with van der Waals surface area (Å²) in [7, 11) is 0. The molecule has 1 aromatic heterocycles. The summed E-state index contributed by atoms with van der Waals surface area (Å²) in [5, 5.41) is 3.22. The van der Waals surface area contributed by atoms with Crippen molar-refractivity contribution in [2.45, 2.75) is 12.5 Å². The van der Waals surface area contributed by atoms with Gasteiger partial charge in [0.15, 0.2) is 0 Å². The van der Waals surface area contributed by atoms with Gasteiger partial charge in [-0.25, -0.2) is 0 Å². The molecule has 0 spiro atoms. The van der Waals surface area contributed by atoms with Gasteiger partial charge in [0.1, 0.15) is 0 Å². The van der Waals surface area contributed by atoms with E-state index in [4.69, 9.17) is 0 Å². The van der Waals surface area contributed by atoms with Crippen LogP contribution in [0.25, 0.3) is 0 Å². The van der Waals surface area contributed by atoms with Crippen LogP contribution in [0.2, 0.25) is 0 Å². The fourth-order valence-corrected chi connectivity index (χ4v) is 3.72. The molecule has 0 aromatic carbocycles. The Morgan fingerprint density at radius 1 is 1.23 bits per heavy atom. The number of thioether (sulfide) groups is 1. The standard InChI is InChI=1S/C15H20N4O2S/c20-14(12-3-1-4-16-9-12)18-5-2-6-19(8-7-18)15(21)13-10-22-11-17-13/h1,3-4,9,13,17H,2,5-8,10-11H2.